The number of anilines is 1. The molecule has 0 bridgehead atoms. The Morgan fingerprint density at radius 3 is 2.55 bits per heavy atom. The smallest absolute Gasteiger partial charge is 0.407 e. The first-order valence-corrected chi connectivity index (χ1v) is 10.3. The van der Waals surface area contributed by atoms with Gasteiger partial charge in [-0.2, -0.15) is 5.10 Å². The van der Waals surface area contributed by atoms with Crippen molar-refractivity contribution in [3.63, 3.8) is 0 Å². The van der Waals surface area contributed by atoms with E-state index in [2.05, 4.69) is 15.5 Å². The highest BCUT2D eigenvalue weighted by Gasteiger charge is 2.17. The number of fused-ring (bicyclic) bond motifs is 1. The number of nitrogens with one attached hydrogen (secondary N) is 2. The number of para-hydroxylation sites is 2. The Bertz CT molecular complexity index is 1050. The van der Waals surface area contributed by atoms with Crippen molar-refractivity contribution in [1.29, 1.82) is 0 Å². The van der Waals surface area contributed by atoms with Crippen molar-refractivity contribution >= 4 is 34.7 Å². The fourth-order valence-electron chi connectivity index (χ4n) is 3.07. The average molecular weight is 421 g/mol. The molecule has 0 saturated heterocycles. The highest BCUT2D eigenvalue weighted by molar-refractivity contribution is 6.04. The third-order valence-electron chi connectivity index (χ3n) is 4.44. The van der Waals surface area contributed by atoms with E-state index in [9.17, 15) is 9.59 Å². The van der Waals surface area contributed by atoms with Gasteiger partial charge in [-0.3, -0.25) is 9.89 Å². The van der Waals surface area contributed by atoms with Crippen LogP contribution in [-0.4, -0.2) is 40.9 Å². The number of alkyl carbamates (subject to hydrolysis) is 1. The lowest BCUT2D eigenvalue weighted by molar-refractivity contribution is -0.114. The molecule has 0 aliphatic carbocycles. The molecule has 162 valence electrons. The normalized spacial score (nSPS) is 11.6. The van der Waals surface area contributed by atoms with Crippen molar-refractivity contribution in [2.24, 2.45) is 0 Å². The van der Waals surface area contributed by atoms with Crippen LogP contribution in [0.4, 0.5) is 10.5 Å². The summed E-state index contributed by atoms with van der Waals surface area (Å²) in [4.78, 5) is 26.5. The Morgan fingerprint density at radius 1 is 1.10 bits per heavy atom. The molecule has 3 rings (SSSR count). The summed E-state index contributed by atoms with van der Waals surface area (Å²) in [6, 6.07) is 17.2. The predicted octanol–water partition coefficient (Wildman–Crippen LogP) is 4.52. The molecule has 0 spiro atoms. The van der Waals surface area contributed by atoms with E-state index >= 15 is 0 Å². The number of aromatic amines is 1. The third kappa shape index (κ3) is 6.44. The van der Waals surface area contributed by atoms with Crippen molar-refractivity contribution in [3.8, 4) is 0 Å². The van der Waals surface area contributed by atoms with Crippen LogP contribution in [0.25, 0.3) is 17.0 Å². The van der Waals surface area contributed by atoms with Gasteiger partial charge in [0.2, 0.25) is 0 Å². The highest BCUT2D eigenvalue weighted by Crippen LogP contribution is 2.18. The Labute approximate surface area is 182 Å². The fourth-order valence-corrected chi connectivity index (χ4v) is 3.07. The molecule has 1 heterocycles. The van der Waals surface area contributed by atoms with Crippen LogP contribution in [0.2, 0.25) is 0 Å². The molecule has 0 aliphatic heterocycles. The minimum Gasteiger partial charge on any atom is -0.444 e. The highest BCUT2D eigenvalue weighted by atomic mass is 16.6. The van der Waals surface area contributed by atoms with Crippen molar-refractivity contribution in [3.05, 3.63) is 66.4 Å². The zero-order valence-corrected chi connectivity index (χ0v) is 18.1. The molecule has 3 aromatic rings. The summed E-state index contributed by atoms with van der Waals surface area (Å²) in [7, 11) is 0. The quantitative estimate of drug-likeness (QED) is 0.434. The van der Waals surface area contributed by atoms with Crippen LogP contribution in [0.1, 0.15) is 32.9 Å². The largest absolute Gasteiger partial charge is 0.444 e. The van der Waals surface area contributed by atoms with Gasteiger partial charge in [-0.25, -0.2) is 4.79 Å². The van der Waals surface area contributed by atoms with E-state index < -0.39 is 11.7 Å². The molecule has 0 aliphatic rings. The predicted molar refractivity (Wildman–Crippen MR) is 123 cm³/mol. The molecule has 2 N–H and O–H groups in total. The molecule has 0 radical (unpaired) electrons. The van der Waals surface area contributed by atoms with Crippen molar-refractivity contribution in [1.82, 2.24) is 15.5 Å². The number of carbonyl (C=O) groups is 2. The number of hydrogen-bond donors (Lipinski definition) is 2. The number of nitrogens with zero attached hydrogens (tertiary/aromatic N) is 2. The molecule has 2 aromatic carbocycles. The van der Waals surface area contributed by atoms with Gasteiger partial charge < -0.3 is 15.0 Å². The molecular weight excluding hydrogens is 392 g/mol. The number of aromatic nitrogens is 2. The van der Waals surface area contributed by atoms with E-state index in [1.54, 1.807) is 11.0 Å². The Hall–Kier alpha value is -3.61. The zero-order valence-electron chi connectivity index (χ0n) is 18.1. The number of carbonyl (C=O) groups excluding carboxylic acids is 2. The first-order chi connectivity index (χ1) is 14.8. The summed E-state index contributed by atoms with van der Waals surface area (Å²) in [5.74, 6) is -0.157. The molecule has 0 saturated carbocycles. The van der Waals surface area contributed by atoms with Crippen LogP contribution < -0.4 is 10.2 Å². The van der Waals surface area contributed by atoms with Crippen LogP contribution in [0.3, 0.4) is 0 Å². The number of ether oxygens (including phenoxy) is 1. The number of benzene rings is 2. The monoisotopic (exact) mass is 420 g/mol. The SMILES string of the molecule is CC(C)(C)OC(=O)NCCCN(C(=O)/C=C/c1n[nH]c2ccccc12)c1ccccc1. The van der Waals surface area contributed by atoms with Crippen LogP contribution in [0.5, 0.6) is 0 Å². The van der Waals surface area contributed by atoms with Gasteiger partial charge >= 0.3 is 6.09 Å². The second kappa shape index (κ2) is 9.93. The lowest BCUT2D eigenvalue weighted by Gasteiger charge is -2.22. The Balaban J connectivity index is 1.65. The zero-order chi connectivity index (χ0) is 22.3. The second-order valence-electron chi connectivity index (χ2n) is 8.10. The molecular formula is C24H28N4O3. The topological polar surface area (TPSA) is 87.3 Å². The van der Waals surface area contributed by atoms with Crippen LogP contribution >= 0.6 is 0 Å². The van der Waals surface area contributed by atoms with E-state index in [0.717, 1.165) is 16.6 Å². The van der Waals surface area contributed by atoms with E-state index in [4.69, 9.17) is 4.74 Å². The molecule has 1 aromatic heterocycles. The van der Waals surface area contributed by atoms with Gasteiger partial charge in [0.25, 0.3) is 5.91 Å². The number of amides is 2. The second-order valence-corrected chi connectivity index (χ2v) is 8.10. The standard InChI is InChI=1S/C24H28N4O3/c1-24(2,3)31-23(30)25-16-9-17-28(18-10-5-4-6-11-18)22(29)15-14-21-19-12-7-8-13-20(19)26-27-21/h4-8,10-15H,9,16-17H2,1-3H3,(H,25,30)(H,26,27)/b15-14+. The van der Waals surface area contributed by atoms with Crippen molar-refractivity contribution < 1.29 is 14.3 Å². The summed E-state index contributed by atoms with van der Waals surface area (Å²) in [6.07, 6.45) is 3.36. The maximum absolute atomic E-state index is 13.0. The maximum atomic E-state index is 13.0. The number of hydrogen-bond acceptors (Lipinski definition) is 4. The molecule has 0 atom stereocenters. The van der Waals surface area contributed by atoms with Crippen LogP contribution in [0.15, 0.2) is 60.7 Å². The molecule has 0 unspecified atom stereocenters. The minimum absolute atomic E-state index is 0.157. The van der Waals surface area contributed by atoms with E-state index in [1.165, 1.54) is 6.08 Å². The molecule has 0 fully saturated rings. The fraction of sp³-hybridized carbons (Fsp3) is 0.292. The van der Waals surface area contributed by atoms with Crippen molar-refractivity contribution in [2.75, 3.05) is 18.0 Å². The Morgan fingerprint density at radius 2 is 1.81 bits per heavy atom. The summed E-state index contributed by atoms with van der Waals surface area (Å²) < 4.78 is 5.24. The Kier molecular flexibility index (Phi) is 7.07. The number of H-pyrrole nitrogens is 1. The lowest BCUT2D eigenvalue weighted by atomic mass is 10.2. The molecule has 31 heavy (non-hydrogen) atoms. The van der Waals surface area contributed by atoms with Gasteiger partial charge in [0.1, 0.15) is 5.60 Å². The molecule has 7 nitrogen and oxygen atoms in total. The maximum Gasteiger partial charge on any atom is 0.407 e. The molecule has 2 amide bonds. The van der Waals surface area contributed by atoms with Crippen LogP contribution in [-0.2, 0) is 9.53 Å². The van der Waals surface area contributed by atoms with Gasteiger partial charge in [0.15, 0.2) is 0 Å². The number of rotatable bonds is 7. The van der Waals surface area contributed by atoms with Gasteiger partial charge in [-0.15, -0.1) is 0 Å². The average Bonchev–Trinajstić information content (AvgIpc) is 3.14. The summed E-state index contributed by atoms with van der Waals surface area (Å²) in [6.45, 7) is 6.30. The van der Waals surface area contributed by atoms with Crippen LogP contribution in [0, 0.1) is 0 Å². The first-order valence-electron chi connectivity index (χ1n) is 10.3. The summed E-state index contributed by atoms with van der Waals surface area (Å²) >= 11 is 0. The van der Waals surface area contributed by atoms with Gasteiger partial charge in [-0.05, 0) is 51.5 Å². The summed E-state index contributed by atoms with van der Waals surface area (Å²) in [5.41, 5.74) is 1.88. The lowest BCUT2D eigenvalue weighted by Crippen LogP contribution is -2.35. The van der Waals surface area contributed by atoms with E-state index in [-0.39, 0.29) is 5.91 Å². The van der Waals surface area contributed by atoms with E-state index in [0.29, 0.717) is 25.2 Å². The third-order valence-corrected chi connectivity index (χ3v) is 4.44. The summed E-state index contributed by atoms with van der Waals surface area (Å²) in [5, 5.41) is 10.9. The van der Waals surface area contributed by atoms with Crippen molar-refractivity contribution in [2.45, 2.75) is 32.8 Å². The van der Waals surface area contributed by atoms with Gasteiger partial charge in [0.05, 0.1) is 11.2 Å². The molecule has 7 heteroatoms. The first kappa shape index (κ1) is 22.1. The van der Waals surface area contributed by atoms with E-state index in [1.807, 2.05) is 75.4 Å². The van der Waals surface area contributed by atoms with Gasteiger partial charge in [0, 0.05) is 30.2 Å². The van der Waals surface area contributed by atoms with Gasteiger partial charge in [-0.1, -0.05) is 36.4 Å². The minimum atomic E-state index is -0.544.